The molecule has 0 bridgehead atoms. The van der Waals surface area contributed by atoms with Crippen LogP contribution in [-0.4, -0.2) is 66.7 Å². The highest BCUT2D eigenvalue weighted by Gasteiger charge is 2.39. The van der Waals surface area contributed by atoms with E-state index in [9.17, 15) is 9.59 Å². The summed E-state index contributed by atoms with van der Waals surface area (Å²) in [7, 11) is 1.66. The summed E-state index contributed by atoms with van der Waals surface area (Å²) in [5.41, 5.74) is 1.99. The molecule has 0 radical (unpaired) electrons. The summed E-state index contributed by atoms with van der Waals surface area (Å²) in [5.74, 6) is 2.05. The minimum absolute atomic E-state index is 0.0590. The number of nitrogens with zero attached hydrogens (tertiary/aromatic N) is 3. The third kappa shape index (κ3) is 4.75. The first-order chi connectivity index (χ1) is 15.4. The van der Waals surface area contributed by atoms with E-state index in [0.717, 1.165) is 55.0 Å². The number of rotatable bonds is 6. The first-order valence-electron chi connectivity index (χ1n) is 11.5. The van der Waals surface area contributed by atoms with Crippen molar-refractivity contribution in [3.8, 4) is 0 Å². The smallest absolute Gasteiger partial charge is 0.289 e. The number of hydrogen-bond acceptors (Lipinski definition) is 6. The van der Waals surface area contributed by atoms with Gasteiger partial charge in [-0.25, -0.2) is 0 Å². The molecule has 174 valence electrons. The van der Waals surface area contributed by atoms with Crippen molar-refractivity contribution in [2.75, 3.05) is 39.9 Å². The van der Waals surface area contributed by atoms with Crippen LogP contribution in [0.3, 0.4) is 0 Å². The van der Waals surface area contributed by atoms with Gasteiger partial charge in [0.1, 0.15) is 11.5 Å². The van der Waals surface area contributed by atoms with E-state index >= 15 is 0 Å². The molecule has 4 rings (SSSR count). The molecular weight excluding hydrogens is 410 g/mol. The van der Waals surface area contributed by atoms with Gasteiger partial charge in [-0.05, 0) is 57.1 Å². The summed E-state index contributed by atoms with van der Waals surface area (Å²) in [6, 6.07) is 3.62. The van der Waals surface area contributed by atoms with Crippen molar-refractivity contribution < 1.29 is 23.3 Å². The number of furan rings is 1. The van der Waals surface area contributed by atoms with Crippen molar-refractivity contribution in [3.63, 3.8) is 0 Å². The van der Waals surface area contributed by atoms with E-state index in [0.29, 0.717) is 44.8 Å². The SMILES string of the molecule is COCCN1CCC2(CCC1=O)CCN(C(=O)c1ccc(Cc3c(C)noc3C)o1)CC2. The molecule has 1 spiro atoms. The molecule has 0 unspecified atom stereocenters. The third-order valence-electron chi connectivity index (χ3n) is 7.22. The number of hydrogen-bond donors (Lipinski definition) is 0. The van der Waals surface area contributed by atoms with E-state index in [2.05, 4.69) is 5.16 Å². The average molecular weight is 444 g/mol. The van der Waals surface area contributed by atoms with Gasteiger partial charge in [0.05, 0.1) is 12.3 Å². The highest BCUT2D eigenvalue weighted by Crippen LogP contribution is 2.41. The van der Waals surface area contributed by atoms with Crippen LogP contribution in [0.15, 0.2) is 21.1 Å². The molecule has 2 aromatic heterocycles. The van der Waals surface area contributed by atoms with Crippen LogP contribution in [0.1, 0.15) is 65.4 Å². The Bertz CT molecular complexity index is 935. The van der Waals surface area contributed by atoms with Crippen molar-refractivity contribution in [1.29, 1.82) is 0 Å². The number of aryl methyl sites for hydroxylation is 2. The number of ether oxygens (including phenoxy) is 1. The number of carbonyl (C=O) groups excluding carboxylic acids is 2. The van der Waals surface area contributed by atoms with Crippen LogP contribution in [0.5, 0.6) is 0 Å². The lowest BCUT2D eigenvalue weighted by atomic mass is 9.73. The van der Waals surface area contributed by atoms with E-state index in [-0.39, 0.29) is 17.2 Å². The summed E-state index contributed by atoms with van der Waals surface area (Å²) in [6.45, 7) is 7.19. The molecule has 0 aromatic carbocycles. The average Bonchev–Trinajstić information content (AvgIpc) is 3.36. The van der Waals surface area contributed by atoms with Crippen molar-refractivity contribution in [2.45, 2.75) is 52.4 Å². The maximum absolute atomic E-state index is 13.0. The highest BCUT2D eigenvalue weighted by atomic mass is 16.5. The second-order valence-electron chi connectivity index (χ2n) is 9.16. The molecule has 8 heteroatoms. The molecule has 4 heterocycles. The standard InChI is InChI=1S/C24H33N3O5/c1-17-20(18(2)32-25-17)16-19-4-5-21(31-19)23(29)27-12-9-24(10-13-27)7-6-22(28)26(11-8-24)14-15-30-3/h4-5H,6-16H2,1-3H3. The Labute approximate surface area is 188 Å². The lowest BCUT2D eigenvalue weighted by Crippen LogP contribution is -2.43. The molecule has 2 amide bonds. The Morgan fingerprint density at radius 2 is 1.91 bits per heavy atom. The van der Waals surface area contributed by atoms with Gasteiger partial charge in [0.2, 0.25) is 5.91 Å². The lowest BCUT2D eigenvalue weighted by Gasteiger charge is -2.41. The van der Waals surface area contributed by atoms with E-state index in [4.69, 9.17) is 13.7 Å². The molecule has 0 saturated carbocycles. The van der Waals surface area contributed by atoms with Crippen molar-refractivity contribution >= 4 is 11.8 Å². The number of methoxy groups -OCH3 is 1. The van der Waals surface area contributed by atoms with Gasteiger partial charge in [-0.1, -0.05) is 5.16 Å². The Morgan fingerprint density at radius 1 is 1.16 bits per heavy atom. The minimum Gasteiger partial charge on any atom is -0.456 e. The number of piperidine rings is 1. The molecule has 2 aliphatic heterocycles. The maximum Gasteiger partial charge on any atom is 0.289 e. The molecule has 2 aliphatic rings. The zero-order valence-corrected chi connectivity index (χ0v) is 19.3. The van der Waals surface area contributed by atoms with Crippen molar-refractivity contribution in [3.05, 3.63) is 40.7 Å². The van der Waals surface area contributed by atoms with Crippen LogP contribution in [-0.2, 0) is 16.0 Å². The predicted molar refractivity (Wildman–Crippen MR) is 117 cm³/mol. The Morgan fingerprint density at radius 3 is 2.59 bits per heavy atom. The van der Waals surface area contributed by atoms with E-state index < -0.39 is 0 Å². The van der Waals surface area contributed by atoms with Crippen LogP contribution < -0.4 is 0 Å². The van der Waals surface area contributed by atoms with Gasteiger partial charge in [0, 0.05) is 51.7 Å². The minimum atomic E-state index is -0.0590. The van der Waals surface area contributed by atoms with E-state index in [1.54, 1.807) is 13.2 Å². The number of amides is 2. The Kier molecular flexibility index (Phi) is 6.69. The van der Waals surface area contributed by atoms with Crippen LogP contribution in [0.25, 0.3) is 0 Å². The Balaban J connectivity index is 1.34. The monoisotopic (exact) mass is 443 g/mol. The molecule has 2 fully saturated rings. The van der Waals surface area contributed by atoms with Gasteiger partial charge in [-0.15, -0.1) is 0 Å². The predicted octanol–water partition coefficient (Wildman–Crippen LogP) is 3.36. The zero-order chi connectivity index (χ0) is 22.7. The first kappa shape index (κ1) is 22.6. The summed E-state index contributed by atoms with van der Waals surface area (Å²) >= 11 is 0. The molecule has 2 aromatic rings. The fourth-order valence-corrected chi connectivity index (χ4v) is 4.95. The number of carbonyl (C=O) groups is 2. The van der Waals surface area contributed by atoms with Gasteiger partial charge >= 0.3 is 0 Å². The molecule has 0 N–H and O–H groups in total. The van der Waals surface area contributed by atoms with Crippen LogP contribution in [0, 0.1) is 19.3 Å². The largest absolute Gasteiger partial charge is 0.456 e. The van der Waals surface area contributed by atoms with Crippen LogP contribution >= 0.6 is 0 Å². The van der Waals surface area contributed by atoms with E-state index in [1.807, 2.05) is 29.7 Å². The van der Waals surface area contributed by atoms with Gasteiger partial charge in [-0.2, -0.15) is 0 Å². The van der Waals surface area contributed by atoms with Gasteiger partial charge in [0.15, 0.2) is 5.76 Å². The molecule has 32 heavy (non-hydrogen) atoms. The summed E-state index contributed by atoms with van der Waals surface area (Å²) in [4.78, 5) is 29.3. The maximum atomic E-state index is 13.0. The summed E-state index contributed by atoms with van der Waals surface area (Å²) in [5, 5.41) is 3.98. The van der Waals surface area contributed by atoms with Crippen molar-refractivity contribution in [1.82, 2.24) is 15.0 Å². The number of likely N-dealkylation sites (tertiary alicyclic amines) is 2. The van der Waals surface area contributed by atoms with Crippen LogP contribution in [0.4, 0.5) is 0 Å². The second-order valence-corrected chi connectivity index (χ2v) is 9.16. The molecule has 8 nitrogen and oxygen atoms in total. The fourth-order valence-electron chi connectivity index (χ4n) is 4.95. The zero-order valence-electron chi connectivity index (χ0n) is 19.3. The molecule has 2 saturated heterocycles. The Hall–Kier alpha value is -2.61. The highest BCUT2D eigenvalue weighted by molar-refractivity contribution is 5.91. The topological polar surface area (TPSA) is 89.0 Å². The molecule has 0 aliphatic carbocycles. The summed E-state index contributed by atoms with van der Waals surface area (Å²) < 4.78 is 16.2. The van der Waals surface area contributed by atoms with Crippen LogP contribution in [0.2, 0.25) is 0 Å². The van der Waals surface area contributed by atoms with Gasteiger partial charge in [0.25, 0.3) is 5.91 Å². The first-order valence-corrected chi connectivity index (χ1v) is 11.5. The van der Waals surface area contributed by atoms with E-state index in [1.165, 1.54) is 0 Å². The summed E-state index contributed by atoms with van der Waals surface area (Å²) in [6.07, 6.45) is 4.89. The quantitative estimate of drug-likeness (QED) is 0.680. The normalized spacial score (nSPS) is 18.9. The second kappa shape index (κ2) is 9.48. The lowest BCUT2D eigenvalue weighted by molar-refractivity contribution is -0.131. The van der Waals surface area contributed by atoms with Gasteiger partial charge in [-0.3, -0.25) is 9.59 Å². The van der Waals surface area contributed by atoms with Gasteiger partial charge < -0.3 is 23.5 Å². The number of aromatic nitrogens is 1. The fraction of sp³-hybridized carbons (Fsp3) is 0.625. The van der Waals surface area contributed by atoms with Crippen molar-refractivity contribution in [2.24, 2.45) is 5.41 Å². The molecular formula is C24H33N3O5. The third-order valence-corrected chi connectivity index (χ3v) is 7.22. The molecule has 0 atom stereocenters.